The molecule has 2 aromatic rings. The van der Waals surface area contributed by atoms with Gasteiger partial charge in [-0.25, -0.2) is 4.39 Å². The topological polar surface area (TPSA) is 37.4 Å². The Bertz CT molecular complexity index is 1010. The molecule has 4 rings (SSSR count). The van der Waals surface area contributed by atoms with Gasteiger partial charge in [0.2, 0.25) is 5.91 Å². The molecule has 0 saturated carbocycles. The fraction of sp³-hybridized carbons (Fsp3) is 0.273. The third-order valence-electron chi connectivity index (χ3n) is 5.41. The van der Waals surface area contributed by atoms with E-state index in [2.05, 4.69) is 0 Å². The number of nitrogens with zero attached hydrogens (tertiary/aromatic N) is 1. The Morgan fingerprint density at radius 2 is 1.62 bits per heavy atom. The highest BCUT2D eigenvalue weighted by atomic mass is 19.4. The number of anilines is 1. The predicted molar refractivity (Wildman–Crippen MR) is 98.6 cm³/mol. The minimum Gasteiger partial charge on any atom is -0.294 e. The van der Waals surface area contributed by atoms with Gasteiger partial charge in [0, 0.05) is 30.0 Å². The Kier molecular flexibility index (Phi) is 4.76. The van der Waals surface area contributed by atoms with Gasteiger partial charge in [0.25, 0.3) is 0 Å². The van der Waals surface area contributed by atoms with Crippen LogP contribution in [0.5, 0.6) is 0 Å². The first-order valence-corrected chi connectivity index (χ1v) is 9.28. The summed E-state index contributed by atoms with van der Waals surface area (Å²) < 4.78 is 53.0. The van der Waals surface area contributed by atoms with E-state index in [4.69, 9.17) is 0 Å². The molecule has 1 heterocycles. The summed E-state index contributed by atoms with van der Waals surface area (Å²) in [7, 11) is 0. The summed E-state index contributed by atoms with van der Waals surface area (Å²) in [4.78, 5) is 27.0. The molecule has 1 aliphatic carbocycles. The number of carbonyl (C=O) groups excluding carboxylic acids is 2. The summed E-state index contributed by atoms with van der Waals surface area (Å²) in [5.74, 6) is -1.73. The second-order valence-corrected chi connectivity index (χ2v) is 7.19. The van der Waals surface area contributed by atoms with E-state index in [9.17, 15) is 27.2 Å². The van der Waals surface area contributed by atoms with Crippen molar-refractivity contribution in [2.45, 2.75) is 37.8 Å². The number of ketones is 1. The van der Waals surface area contributed by atoms with Gasteiger partial charge < -0.3 is 0 Å². The van der Waals surface area contributed by atoms with Gasteiger partial charge in [-0.3, -0.25) is 14.5 Å². The van der Waals surface area contributed by atoms with E-state index in [1.165, 1.54) is 35.2 Å². The van der Waals surface area contributed by atoms with Crippen LogP contribution in [0.1, 0.15) is 42.7 Å². The SMILES string of the molecule is O=C1CCCC2=C1C(c1ccc(C(F)(F)F)cc1)CC(=O)N2c1ccccc1F. The summed E-state index contributed by atoms with van der Waals surface area (Å²) in [5.41, 5.74) is 0.625. The van der Waals surface area contributed by atoms with Crippen LogP contribution in [0.4, 0.5) is 23.2 Å². The number of benzene rings is 2. The highest BCUT2D eigenvalue weighted by Crippen LogP contribution is 2.44. The van der Waals surface area contributed by atoms with E-state index in [0.29, 0.717) is 36.1 Å². The van der Waals surface area contributed by atoms with Crippen molar-refractivity contribution >= 4 is 17.4 Å². The Balaban J connectivity index is 1.81. The van der Waals surface area contributed by atoms with Crippen molar-refractivity contribution < 1.29 is 27.2 Å². The zero-order valence-corrected chi connectivity index (χ0v) is 15.3. The smallest absolute Gasteiger partial charge is 0.294 e. The molecule has 3 nitrogen and oxygen atoms in total. The molecule has 0 saturated heterocycles. The molecule has 1 unspecified atom stereocenters. The van der Waals surface area contributed by atoms with E-state index in [0.717, 1.165) is 12.1 Å². The lowest BCUT2D eigenvalue weighted by Gasteiger charge is -2.38. The van der Waals surface area contributed by atoms with Crippen molar-refractivity contribution in [2.24, 2.45) is 0 Å². The lowest BCUT2D eigenvalue weighted by molar-refractivity contribution is -0.137. The van der Waals surface area contributed by atoms with Gasteiger partial charge in [-0.05, 0) is 42.7 Å². The van der Waals surface area contributed by atoms with Crippen LogP contribution in [0.15, 0.2) is 59.8 Å². The summed E-state index contributed by atoms with van der Waals surface area (Å²) in [6.07, 6.45) is -3.30. The van der Waals surface area contributed by atoms with Crippen LogP contribution in [-0.4, -0.2) is 11.7 Å². The van der Waals surface area contributed by atoms with E-state index >= 15 is 0 Å². The number of alkyl halides is 3. The lowest BCUT2D eigenvalue weighted by atomic mass is 9.77. The van der Waals surface area contributed by atoms with Gasteiger partial charge in [-0.1, -0.05) is 24.3 Å². The van der Waals surface area contributed by atoms with Gasteiger partial charge in [0.15, 0.2) is 5.78 Å². The van der Waals surface area contributed by atoms with Crippen LogP contribution in [0.2, 0.25) is 0 Å². The molecule has 150 valence electrons. The molecule has 0 aromatic heterocycles. The summed E-state index contributed by atoms with van der Waals surface area (Å²) in [6, 6.07) is 10.4. The molecule has 7 heteroatoms. The molecule has 0 radical (unpaired) electrons. The van der Waals surface area contributed by atoms with Gasteiger partial charge in [-0.2, -0.15) is 13.2 Å². The molecule has 0 N–H and O–H groups in total. The van der Waals surface area contributed by atoms with Crippen LogP contribution in [0.3, 0.4) is 0 Å². The average molecular weight is 403 g/mol. The summed E-state index contributed by atoms with van der Waals surface area (Å²) >= 11 is 0. The number of hydrogen-bond acceptors (Lipinski definition) is 2. The molecule has 0 bridgehead atoms. The van der Waals surface area contributed by atoms with Crippen LogP contribution in [-0.2, 0) is 15.8 Å². The first kappa shape index (κ1) is 19.4. The molecule has 29 heavy (non-hydrogen) atoms. The summed E-state index contributed by atoms with van der Waals surface area (Å²) in [6.45, 7) is 0. The number of para-hydroxylation sites is 1. The number of rotatable bonds is 2. The van der Waals surface area contributed by atoms with E-state index in [1.807, 2.05) is 0 Å². The molecular formula is C22H17F4NO2. The van der Waals surface area contributed by atoms with Gasteiger partial charge >= 0.3 is 6.18 Å². The maximum atomic E-state index is 14.4. The fourth-order valence-corrected chi connectivity index (χ4v) is 4.09. The summed E-state index contributed by atoms with van der Waals surface area (Å²) in [5, 5.41) is 0. The lowest BCUT2D eigenvalue weighted by Crippen LogP contribution is -2.41. The first-order chi connectivity index (χ1) is 13.8. The van der Waals surface area contributed by atoms with Crippen LogP contribution >= 0.6 is 0 Å². The van der Waals surface area contributed by atoms with E-state index in [1.54, 1.807) is 6.07 Å². The largest absolute Gasteiger partial charge is 0.416 e. The number of Topliss-reactive ketones (excluding diaryl/α,β-unsaturated/α-hetero) is 1. The Morgan fingerprint density at radius 1 is 0.931 bits per heavy atom. The zero-order chi connectivity index (χ0) is 20.8. The molecule has 1 amide bonds. The molecule has 0 spiro atoms. The van der Waals surface area contributed by atoms with Gasteiger partial charge in [0.05, 0.1) is 11.3 Å². The average Bonchev–Trinajstić information content (AvgIpc) is 2.68. The number of carbonyl (C=O) groups is 2. The molecule has 2 aliphatic rings. The fourth-order valence-electron chi connectivity index (χ4n) is 4.09. The third kappa shape index (κ3) is 3.45. The van der Waals surface area contributed by atoms with Gasteiger partial charge in [-0.15, -0.1) is 0 Å². The van der Waals surface area contributed by atoms with Crippen molar-refractivity contribution in [3.8, 4) is 0 Å². The minimum absolute atomic E-state index is 0.0885. The zero-order valence-electron chi connectivity index (χ0n) is 15.3. The van der Waals surface area contributed by atoms with Crippen molar-refractivity contribution in [2.75, 3.05) is 4.90 Å². The van der Waals surface area contributed by atoms with Gasteiger partial charge in [0.1, 0.15) is 5.82 Å². The normalized spacial score (nSPS) is 20.1. The standard InChI is InChI=1S/C22H17F4NO2/c23-16-4-1-2-5-17(16)27-18-6-3-7-19(28)21(18)15(12-20(27)29)13-8-10-14(11-9-13)22(24,25)26/h1-2,4-5,8-11,15H,3,6-7,12H2. The van der Waals surface area contributed by atoms with Crippen LogP contribution < -0.4 is 4.90 Å². The molecular weight excluding hydrogens is 386 g/mol. The van der Waals surface area contributed by atoms with E-state index in [-0.39, 0.29) is 23.8 Å². The third-order valence-corrected chi connectivity index (χ3v) is 5.41. The number of amides is 1. The maximum absolute atomic E-state index is 14.4. The van der Waals surface area contributed by atoms with Crippen molar-refractivity contribution in [3.63, 3.8) is 0 Å². The maximum Gasteiger partial charge on any atom is 0.416 e. The Labute approximate surface area is 164 Å². The molecule has 1 atom stereocenters. The Morgan fingerprint density at radius 3 is 2.28 bits per heavy atom. The Hall–Kier alpha value is -2.96. The second-order valence-electron chi connectivity index (χ2n) is 7.19. The quantitative estimate of drug-likeness (QED) is 0.632. The first-order valence-electron chi connectivity index (χ1n) is 9.28. The predicted octanol–water partition coefficient (Wildman–Crippen LogP) is 5.37. The van der Waals surface area contributed by atoms with Crippen molar-refractivity contribution in [1.82, 2.24) is 0 Å². The van der Waals surface area contributed by atoms with Crippen molar-refractivity contribution in [1.29, 1.82) is 0 Å². The molecule has 1 aliphatic heterocycles. The molecule has 2 aromatic carbocycles. The number of hydrogen-bond donors (Lipinski definition) is 0. The molecule has 0 fully saturated rings. The van der Waals surface area contributed by atoms with E-state index < -0.39 is 23.5 Å². The van der Waals surface area contributed by atoms with Crippen LogP contribution in [0.25, 0.3) is 0 Å². The highest BCUT2D eigenvalue weighted by molar-refractivity contribution is 6.07. The number of allylic oxidation sites excluding steroid dienone is 2. The van der Waals surface area contributed by atoms with Crippen LogP contribution in [0, 0.1) is 5.82 Å². The minimum atomic E-state index is -4.46. The number of halogens is 4. The second kappa shape index (κ2) is 7.13. The highest BCUT2D eigenvalue weighted by Gasteiger charge is 2.40. The van der Waals surface area contributed by atoms with Crippen molar-refractivity contribution in [3.05, 3.63) is 76.7 Å². The monoisotopic (exact) mass is 403 g/mol.